The lowest BCUT2D eigenvalue weighted by Crippen LogP contribution is -2.42. The quantitative estimate of drug-likeness (QED) is 0.822. The van der Waals surface area contributed by atoms with Crippen LogP contribution in [0.4, 0.5) is 0 Å². The summed E-state index contributed by atoms with van der Waals surface area (Å²) in [6.07, 6.45) is 1.37. The summed E-state index contributed by atoms with van der Waals surface area (Å²) < 4.78 is 5.62. The van der Waals surface area contributed by atoms with Crippen LogP contribution in [0.15, 0.2) is 21.9 Å². The van der Waals surface area contributed by atoms with Crippen LogP contribution in [0, 0.1) is 6.92 Å². The van der Waals surface area contributed by atoms with E-state index in [-0.39, 0.29) is 18.9 Å². The molecule has 0 saturated heterocycles. The maximum atomic E-state index is 12.0. The standard InChI is InChI=1S/C16H22N2O3S/c1-4-16(20,5-2)10-17-14(19)9-12-11(3)21-15(18-12)13-7-6-8-22-13/h6-8,20H,4-5,9-10H2,1-3H3,(H,17,19). The minimum Gasteiger partial charge on any atom is -0.440 e. The van der Waals surface area contributed by atoms with E-state index in [0.29, 0.717) is 30.2 Å². The number of thiophene rings is 1. The fraction of sp³-hybridized carbons (Fsp3) is 0.500. The number of nitrogens with one attached hydrogen (secondary N) is 1. The van der Waals surface area contributed by atoms with Crippen LogP contribution in [0.2, 0.25) is 0 Å². The lowest BCUT2D eigenvalue weighted by Gasteiger charge is -2.25. The van der Waals surface area contributed by atoms with E-state index in [9.17, 15) is 9.90 Å². The van der Waals surface area contributed by atoms with E-state index in [1.165, 1.54) is 0 Å². The minimum absolute atomic E-state index is 0.157. The Morgan fingerprint density at radius 3 is 2.77 bits per heavy atom. The van der Waals surface area contributed by atoms with E-state index in [1.54, 1.807) is 18.3 Å². The Bertz CT molecular complexity index is 615. The second-order valence-corrected chi connectivity index (χ2v) is 6.33. The molecule has 0 aliphatic rings. The first-order valence-electron chi connectivity index (χ1n) is 7.46. The zero-order valence-corrected chi connectivity index (χ0v) is 14.0. The normalized spacial score (nSPS) is 11.6. The molecular weight excluding hydrogens is 300 g/mol. The van der Waals surface area contributed by atoms with Crippen molar-refractivity contribution in [1.82, 2.24) is 10.3 Å². The van der Waals surface area contributed by atoms with Gasteiger partial charge >= 0.3 is 0 Å². The van der Waals surface area contributed by atoms with Crippen molar-refractivity contribution in [2.75, 3.05) is 6.54 Å². The van der Waals surface area contributed by atoms with Gasteiger partial charge < -0.3 is 14.8 Å². The van der Waals surface area contributed by atoms with Gasteiger partial charge in [-0.05, 0) is 31.2 Å². The molecule has 22 heavy (non-hydrogen) atoms. The number of rotatable bonds is 7. The molecular formula is C16H22N2O3S. The molecule has 0 aliphatic carbocycles. The molecule has 2 aromatic heterocycles. The van der Waals surface area contributed by atoms with E-state index in [2.05, 4.69) is 10.3 Å². The number of hydrogen-bond donors (Lipinski definition) is 2. The van der Waals surface area contributed by atoms with Crippen LogP contribution in [-0.2, 0) is 11.2 Å². The van der Waals surface area contributed by atoms with Gasteiger partial charge in [-0.15, -0.1) is 11.3 Å². The van der Waals surface area contributed by atoms with Crippen LogP contribution in [0.3, 0.4) is 0 Å². The van der Waals surface area contributed by atoms with Gasteiger partial charge in [-0.2, -0.15) is 0 Å². The Kier molecular flexibility index (Phi) is 5.37. The molecule has 2 rings (SSSR count). The average Bonchev–Trinajstić information content (AvgIpc) is 3.15. The third kappa shape index (κ3) is 3.96. The largest absolute Gasteiger partial charge is 0.440 e. The van der Waals surface area contributed by atoms with Crippen molar-refractivity contribution in [1.29, 1.82) is 0 Å². The van der Waals surface area contributed by atoms with Crippen LogP contribution in [0.1, 0.15) is 38.1 Å². The van der Waals surface area contributed by atoms with Crippen LogP contribution in [0.5, 0.6) is 0 Å². The van der Waals surface area contributed by atoms with Crippen molar-refractivity contribution < 1.29 is 14.3 Å². The topological polar surface area (TPSA) is 75.4 Å². The van der Waals surface area contributed by atoms with Crippen molar-refractivity contribution in [2.24, 2.45) is 0 Å². The highest BCUT2D eigenvalue weighted by molar-refractivity contribution is 7.13. The molecule has 120 valence electrons. The summed E-state index contributed by atoms with van der Waals surface area (Å²) in [6, 6.07) is 3.87. The molecule has 0 saturated carbocycles. The highest BCUT2D eigenvalue weighted by Crippen LogP contribution is 2.26. The fourth-order valence-electron chi connectivity index (χ4n) is 2.08. The van der Waals surface area contributed by atoms with Crippen molar-refractivity contribution >= 4 is 17.2 Å². The summed E-state index contributed by atoms with van der Waals surface area (Å²) in [5.74, 6) is 1.04. The summed E-state index contributed by atoms with van der Waals surface area (Å²) in [6.45, 7) is 5.88. The van der Waals surface area contributed by atoms with Gasteiger partial charge in [0.05, 0.1) is 22.6 Å². The number of aryl methyl sites for hydroxylation is 1. The van der Waals surface area contributed by atoms with E-state index in [1.807, 2.05) is 31.4 Å². The Morgan fingerprint density at radius 1 is 1.45 bits per heavy atom. The lowest BCUT2D eigenvalue weighted by molar-refractivity contribution is -0.121. The van der Waals surface area contributed by atoms with Crippen LogP contribution < -0.4 is 5.32 Å². The van der Waals surface area contributed by atoms with Gasteiger partial charge in [0.1, 0.15) is 5.76 Å². The summed E-state index contributed by atoms with van der Waals surface area (Å²) in [5.41, 5.74) is -0.200. The second-order valence-electron chi connectivity index (χ2n) is 5.38. The fourth-order valence-corrected chi connectivity index (χ4v) is 2.72. The van der Waals surface area contributed by atoms with Gasteiger partial charge in [0.2, 0.25) is 11.8 Å². The molecule has 6 heteroatoms. The molecule has 1 amide bonds. The summed E-state index contributed by atoms with van der Waals surface area (Å²) in [4.78, 5) is 17.4. The number of carbonyl (C=O) groups is 1. The summed E-state index contributed by atoms with van der Waals surface area (Å²) in [5, 5.41) is 14.9. The van der Waals surface area contributed by atoms with E-state index in [4.69, 9.17) is 4.42 Å². The number of aromatic nitrogens is 1. The van der Waals surface area contributed by atoms with Crippen molar-refractivity contribution in [2.45, 2.75) is 45.6 Å². The molecule has 0 atom stereocenters. The first-order chi connectivity index (χ1) is 10.5. The van der Waals surface area contributed by atoms with Gasteiger partial charge in [-0.3, -0.25) is 4.79 Å². The molecule has 0 aliphatic heterocycles. The van der Waals surface area contributed by atoms with Gasteiger partial charge in [-0.25, -0.2) is 4.98 Å². The molecule has 0 unspecified atom stereocenters. The molecule has 2 aromatic rings. The zero-order valence-electron chi connectivity index (χ0n) is 13.2. The van der Waals surface area contributed by atoms with Gasteiger partial charge in [0.25, 0.3) is 0 Å². The number of oxazole rings is 1. The summed E-state index contributed by atoms with van der Waals surface area (Å²) in [7, 11) is 0. The molecule has 0 radical (unpaired) electrons. The highest BCUT2D eigenvalue weighted by Gasteiger charge is 2.23. The molecule has 0 fully saturated rings. The van der Waals surface area contributed by atoms with Crippen molar-refractivity contribution in [3.8, 4) is 10.8 Å². The zero-order chi connectivity index (χ0) is 16.2. The summed E-state index contributed by atoms with van der Waals surface area (Å²) >= 11 is 1.55. The third-order valence-electron chi connectivity index (χ3n) is 3.88. The Balaban J connectivity index is 1.97. The van der Waals surface area contributed by atoms with Gasteiger partial charge in [-0.1, -0.05) is 19.9 Å². The number of nitrogens with zero attached hydrogens (tertiary/aromatic N) is 1. The molecule has 2 heterocycles. The average molecular weight is 322 g/mol. The van der Waals surface area contributed by atoms with E-state index >= 15 is 0 Å². The second kappa shape index (κ2) is 7.07. The molecule has 0 aromatic carbocycles. The van der Waals surface area contributed by atoms with E-state index < -0.39 is 5.60 Å². The SMILES string of the molecule is CCC(O)(CC)CNC(=O)Cc1nc(-c2cccs2)oc1C. The highest BCUT2D eigenvalue weighted by atomic mass is 32.1. The van der Waals surface area contributed by atoms with Crippen LogP contribution in [0.25, 0.3) is 10.8 Å². The first kappa shape index (κ1) is 16.7. The Hall–Kier alpha value is -1.66. The molecule has 0 spiro atoms. The van der Waals surface area contributed by atoms with E-state index in [0.717, 1.165) is 4.88 Å². The molecule has 0 bridgehead atoms. The predicted molar refractivity (Wildman–Crippen MR) is 86.8 cm³/mol. The van der Waals surface area contributed by atoms with Crippen molar-refractivity contribution in [3.05, 3.63) is 29.0 Å². The smallest absolute Gasteiger partial charge is 0.236 e. The Labute approximate surface area is 134 Å². The maximum Gasteiger partial charge on any atom is 0.236 e. The molecule has 2 N–H and O–H groups in total. The van der Waals surface area contributed by atoms with Crippen LogP contribution in [-0.4, -0.2) is 28.1 Å². The number of aliphatic hydroxyl groups is 1. The van der Waals surface area contributed by atoms with Gasteiger partial charge in [0, 0.05) is 6.54 Å². The lowest BCUT2D eigenvalue weighted by atomic mass is 9.97. The predicted octanol–water partition coefficient (Wildman–Crippen LogP) is 2.92. The van der Waals surface area contributed by atoms with Gasteiger partial charge in [0.15, 0.2) is 0 Å². The number of carbonyl (C=O) groups excluding carboxylic acids is 1. The monoisotopic (exact) mass is 322 g/mol. The Morgan fingerprint density at radius 2 is 2.18 bits per heavy atom. The minimum atomic E-state index is -0.837. The van der Waals surface area contributed by atoms with Crippen molar-refractivity contribution in [3.63, 3.8) is 0 Å². The third-order valence-corrected chi connectivity index (χ3v) is 4.74. The molecule has 5 nitrogen and oxygen atoms in total. The number of hydrogen-bond acceptors (Lipinski definition) is 5. The maximum absolute atomic E-state index is 12.0. The first-order valence-corrected chi connectivity index (χ1v) is 8.34. The van der Waals surface area contributed by atoms with Crippen LogP contribution >= 0.6 is 11.3 Å². The number of amides is 1.